The molecule has 2 aromatic carbocycles. The zero-order chi connectivity index (χ0) is 25.7. The molecule has 37 heavy (non-hydrogen) atoms. The van der Waals surface area contributed by atoms with Gasteiger partial charge in [-0.1, -0.05) is 12.1 Å². The number of aryl methyl sites for hydroxylation is 1. The number of hydrazine groups is 1. The van der Waals surface area contributed by atoms with Crippen molar-refractivity contribution in [3.05, 3.63) is 94.0 Å². The van der Waals surface area contributed by atoms with Gasteiger partial charge in [0.25, 0.3) is 11.8 Å². The predicted octanol–water partition coefficient (Wildman–Crippen LogP) is 3.77. The number of aliphatic hydroxyl groups excluding tert-OH is 1. The van der Waals surface area contributed by atoms with Crippen LogP contribution in [0.2, 0.25) is 0 Å². The lowest BCUT2D eigenvalue weighted by atomic mass is 10.0. The molecule has 1 unspecified atom stereocenters. The Morgan fingerprint density at radius 1 is 1.05 bits per heavy atom. The number of rotatable bonds is 5. The number of amides is 2. The standard InChI is InChI=1S/C27H23F2N5O3/c28-19-7-5-17(12-20(19)29)31-26(36)22-13-23(34-24(32-22)9-10-30-34)27(37)33-21-8-4-15-11-16(3-6-18(15)21)25(35)14-1-2-14/h3,5-7,9,11-13,21,30,35H,1-2,4,8,10H2,(H,31,36)(H,33,37). The summed E-state index contributed by atoms with van der Waals surface area (Å²) in [5.41, 5.74) is 7.21. The number of fused-ring (bicyclic) bond motifs is 2. The second-order valence-corrected chi connectivity index (χ2v) is 9.30. The van der Waals surface area contributed by atoms with Crippen molar-refractivity contribution >= 4 is 29.0 Å². The van der Waals surface area contributed by atoms with E-state index >= 15 is 0 Å². The molecule has 0 spiro atoms. The van der Waals surface area contributed by atoms with Gasteiger partial charge in [0.1, 0.15) is 23.0 Å². The lowest BCUT2D eigenvalue weighted by Gasteiger charge is -2.27. The number of anilines is 1. The third-order valence-electron chi connectivity index (χ3n) is 6.79. The number of benzene rings is 2. The maximum atomic E-state index is 13.6. The summed E-state index contributed by atoms with van der Waals surface area (Å²) in [4.78, 5) is 30.5. The van der Waals surface area contributed by atoms with Crippen molar-refractivity contribution in [3.8, 4) is 0 Å². The Labute approximate surface area is 211 Å². The van der Waals surface area contributed by atoms with E-state index in [0.29, 0.717) is 24.5 Å². The van der Waals surface area contributed by atoms with Crippen LogP contribution in [0.4, 0.5) is 14.5 Å². The van der Waals surface area contributed by atoms with Gasteiger partial charge in [-0.3, -0.25) is 14.6 Å². The van der Waals surface area contributed by atoms with E-state index in [1.54, 1.807) is 6.08 Å². The second kappa shape index (κ2) is 8.97. The first kappa shape index (κ1) is 23.1. The fraction of sp³-hybridized carbons (Fsp3) is 0.222. The van der Waals surface area contributed by atoms with Gasteiger partial charge in [-0.25, -0.2) is 19.2 Å². The molecule has 6 rings (SSSR count). The second-order valence-electron chi connectivity index (χ2n) is 9.30. The molecule has 0 saturated heterocycles. The van der Waals surface area contributed by atoms with Gasteiger partial charge < -0.3 is 15.7 Å². The molecular formula is C27H23F2N5O3. The summed E-state index contributed by atoms with van der Waals surface area (Å²) in [7, 11) is 0. The Hall–Kier alpha value is -4.31. The summed E-state index contributed by atoms with van der Waals surface area (Å²) in [5.74, 6) is -2.41. The van der Waals surface area contributed by atoms with Crippen LogP contribution in [0, 0.1) is 11.6 Å². The molecule has 2 aromatic rings. The van der Waals surface area contributed by atoms with Crippen LogP contribution in [0.3, 0.4) is 0 Å². The zero-order valence-corrected chi connectivity index (χ0v) is 19.6. The van der Waals surface area contributed by atoms with Crippen LogP contribution in [-0.4, -0.2) is 34.2 Å². The Kier molecular flexibility index (Phi) is 5.60. The SMILES string of the molecule is O=C(NC1CCc2cc(C(O)=C3CC3)ccc21)C1=CC(C(=O)Nc2ccc(F)c(F)c2)=NC2=CCNN21. The van der Waals surface area contributed by atoms with E-state index in [0.717, 1.165) is 53.7 Å². The quantitative estimate of drug-likeness (QED) is 0.465. The summed E-state index contributed by atoms with van der Waals surface area (Å²) in [6.45, 7) is 0.426. The van der Waals surface area contributed by atoms with Gasteiger partial charge in [0.2, 0.25) is 0 Å². The molecule has 1 fully saturated rings. The van der Waals surface area contributed by atoms with E-state index in [1.807, 2.05) is 18.2 Å². The summed E-state index contributed by atoms with van der Waals surface area (Å²) >= 11 is 0. The van der Waals surface area contributed by atoms with Crippen molar-refractivity contribution in [2.45, 2.75) is 31.7 Å². The van der Waals surface area contributed by atoms with Crippen LogP contribution in [0.5, 0.6) is 0 Å². The monoisotopic (exact) mass is 503 g/mol. The van der Waals surface area contributed by atoms with E-state index in [-0.39, 0.29) is 23.1 Å². The molecule has 0 aromatic heterocycles. The summed E-state index contributed by atoms with van der Waals surface area (Å²) in [6.07, 6.45) is 6.44. The Balaban J connectivity index is 1.21. The Morgan fingerprint density at radius 2 is 1.89 bits per heavy atom. The van der Waals surface area contributed by atoms with Crippen LogP contribution in [-0.2, 0) is 16.0 Å². The van der Waals surface area contributed by atoms with Crippen LogP contribution < -0.4 is 16.1 Å². The first-order valence-corrected chi connectivity index (χ1v) is 12.0. The minimum atomic E-state index is -1.09. The van der Waals surface area contributed by atoms with Crippen LogP contribution in [0.1, 0.15) is 42.0 Å². The highest BCUT2D eigenvalue weighted by molar-refractivity contribution is 6.48. The molecule has 0 bridgehead atoms. The predicted molar refractivity (Wildman–Crippen MR) is 133 cm³/mol. The molecule has 4 N–H and O–H groups in total. The number of halogens is 2. The molecule has 2 aliphatic heterocycles. The molecule has 8 nitrogen and oxygen atoms in total. The maximum absolute atomic E-state index is 13.6. The maximum Gasteiger partial charge on any atom is 0.274 e. The Morgan fingerprint density at radius 3 is 2.68 bits per heavy atom. The first-order chi connectivity index (χ1) is 17.9. The molecule has 1 saturated carbocycles. The largest absolute Gasteiger partial charge is 0.507 e. The number of allylic oxidation sites excluding steroid dienone is 1. The first-order valence-electron chi connectivity index (χ1n) is 12.0. The number of carbonyl (C=O) groups excluding carboxylic acids is 2. The number of nitrogens with one attached hydrogen (secondary N) is 3. The number of aliphatic imine (C=N–C) groups is 1. The van der Waals surface area contributed by atoms with Gasteiger partial charge in [0.05, 0.1) is 6.04 Å². The van der Waals surface area contributed by atoms with Gasteiger partial charge in [0.15, 0.2) is 11.6 Å². The normalized spacial score (nSPS) is 19.4. The molecule has 10 heteroatoms. The highest BCUT2D eigenvalue weighted by atomic mass is 19.2. The average Bonchev–Trinajstić information content (AvgIpc) is 3.51. The van der Waals surface area contributed by atoms with E-state index in [9.17, 15) is 23.5 Å². The van der Waals surface area contributed by atoms with Gasteiger partial charge >= 0.3 is 0 Å². The van der Waals surface area contributed by atoms with E-state index < -0.39 is 23.4 Å². The third-order valence-corrected chi connectivity index (χ3v) is 6.79. The van der Waals surface area contributed by atoms with Gasteiger partial charge in [-0.05, 0) is 66.7 Å². The molecular weight excluding hydrogens is 480 g/mol. The van der Waals surface area contributed by atoms with Crippen molar-refractivity contribution in [1.82, 2.24) is 15.8 Å². The number of aliphatic hydroxyl groups is 1. The van der Waals surface area contributed by atoms with Crippen LogP contribution in [0.25, 0.3) is 5.76 Å². The van der Waals surface area contributed by atoms with Crippen molar-refractivity contribution in [1.29, 1.82) is 0 Å². The van der Waals surface area contributed by atoms with Crippen LogP contribution in [0.15, 0.2) is 70.6 Å². The van der Waals surface area contributed by atoms with Crippen LogP contribution >= 0.6 is 0 Å². The number of nitrogens with zero attached hydrogens (tertiary/aromatic N) is 2. The van der Waals surface area contributed by atoms with Gasteiger partial charge in [-0.2, -0.15) is 0 Å². The van der Waals surface area contributed by atoms with Gasteiger partial charge in [-0.15, -0.1) is 0 Å². The fourth-order valence-corrected chi connectivity index (χ4v) is 4.76. The van der Waals surface area contributed by atoms with Crippen molar-refractivity contribution < 1.29 is 23.5 Å². The average molecular weight is 504 g/mol. The number of hydrogen-bond acceptors (Lipinski definition) is 6. The smallest absolute Gasteiger partial charge is 0.274 e. The molecule has 2 aliphatic carbocycles. The number of carbonyl (C=O) groups is 2. The van der Waals surface area contributed by atoms with Crippen molar-refractivity contribution in [3.63, 3.8) is 0 Å². The topological polar surface area (TPSA) is 106 Å². The fourth-order valence-electron chi connectivity index (χ4n) is 4.76. The minimum absolute atomic E-state index is 0.0406. The molecule has 2 heterocycles. The van der Waals surface area contributed by atoms with Crippen molar-refractivity contribution in [2.24, 2.45) is 4.99 Å². The van der Waals surface area contributed by atoms with Gasteiger partial charge in [0, 0.05) is 29.9 Å². The summed E-state index contributed by atoms with van der Waals surface area (Å²) in [5, 5.41) is 17.4. The molecule has 188 valence electrons. The highest BCUT2D eigenvalue weighted by Gasteiger charge is 2.33. The van der Waals surface area contributed by atoms with E-state index in [1.165, 1.54) is 17.2 Å². The molecule has 1 atom stereocenters. The lowest BCUT2D eigenvalue weighted by molar-refractivity contribution is -0.119. The summed E-state index contributed by atoms with van der Waals surface area (Å²) in [6, 6.07) is 8.61. The highest BCUT2D eigenvalue weighted by Crippen LogP contribution is 2.38. The van der Waals surface area contributed by atoms with E-state index in [4.69, 9.17) is 0 Å². The molecule has 0 radical (unpaired) electrons. The number of hydrogen-bond donors (Lipinski definition) is 4. The Bertz CT molecular complexity index is 1470. The van der Waals surface area contributed by atoms with E-state index in [2.05, 4.69) is 21.1 Å². The molecule has 4 aliphatic rings. The van der Waals surface area contributed by atoms with Crippen molar-refractivity contribution in [2.75, 3.05) is 11.9 Å². The molecule has 2 amide bonds. The summed E-state index contributed by atoms with van der Waals surface area (Å²) < 4.78 is 26.8. The third kappa shape index (κ3) is 4.40. The lowest BCUT2D eigenvalue weighted by Crippen LogP contribution is -2.42. The zero-order valence-electron chi connectivity index (χ0n) is 19.6. The minimum Gasteiger partial charge on any atom is -0.507 e.